The van der Waals surface area contributed by atoms with Crippen molar-refractivity contribution >= 4 is 18.4 Å². The predicted molar refractivity (Wildman–Crippen MR) is 105 cm³/mol. The average molecular weight is 371 g/mol. The van der Waals surface area contributed by atoms with Crippen LogP contribution in [0.25, 0.3) is 5.69 Å². The molecule has 136 valence electrons. The molecule has 1 aromatic carbocycles. The molecule has 7 heteroatoms. The predicted octanol–water partition coefficient (Wildman–Crippen LogP) is 2.97. The van der Waals surface area contributed by atoms with Crippen molar-refractivity contribution in [3.05, 3.63) is 66.2 Å². The van der Waals surface area contributed by atoms with Crippen molar-refractivity contribution in [2.75, 3.05) is 18.0 Å². The monoisotopic (exact) mass is 370 g/mol. The molecule has 0 saturated carbocycles. The average Bonchev–Trinajstić information content (AvgIpc) is 3.37. The maximum Gasteiger partial charge on any atom is 0.225 e. The Morgan fingerprint density at radius 3 is 2.27 bits per heavy atom. The van der Waals surface area contributed by atoms with E-state index in [1.54, 1.807) is 6.20 Å². The fourth-order valence-corrected chi connectivity index (χ4v) is 3.06. The van der Waals surface area contributed by atoms with Gasteiger partial charge in [0.05, 0.1) is 5.69 Å². The summed E-state index contributed by atoms with van der Waals surface area (Å²) < 4.78 is 1.86. The highest BCUT2D eigenvalue weighted by Gasteiger charge is 2.14. The molecule has 0 amide bonds. The third-order valence-electron chi connectivity index (χ3n) is 4.44. The summed E-state index contributed by atoms with van der Waals surface area (Å²) in [6.07, 6.45) is 10.1. The lowest BCUT2D eigenvalue weighted by atomic mass is 10.2. The highest BCUT2D eigenvalue weighted by molar-refractivity contribution is 5.85. The lowest BCUT2D eigenvalue weighted by Crippen LogP contribution is -2.20. The second kappa shape index (κ2) is 8.78. The Hall–Kier alpha value is -2.44. The van der Waals surface area contributed by atoms with E-state index < -0.39 is 0 Å². The standard InChI is InChI=1S/C19H22N6.ClH/c1-2-10-24(9-1)19-21-14-17(15-22-19)13-20-12-16-4-6-18(7-5-16)25-11-3-8-23-25;/h3-8,11,14-15,20H,1-2,9-10,12-13H2;1H. The van der Waals surface area contributed by atoms with Gasteiger partial charge in [0, 0.05) is 56.5 Å². The number of halogens is 1. The zero-order chi connectivity index (χ0) is 16.9. The molecule has 0 atom stereocenters. The number of anilines is 1. The number of nitrogens with zero attached hydrogens (tertiary/aromatic N) is 5. The molecule has 1 aliphatic rings. The fourth-order valence-electron chi connectivity index (χ4n) is 3.06. The van der Waals surface area contributed by atoms with Crippen LogP contribution in [0.5, 0.6) is 0 Å². The molecule has 1 N–H and O–H groups in total. The van der Waals surface area contributed by atoms with Crippen LogP contribution in [0.3, 0.4) is 0 Å². The van der Waals surface area contributed by atoms with Crippen LogP contribution < -0.4 is 10.2 Å². The molecule has 3 heterocycles. The minimum Gasteiger partial charge on any atom is -0.341 e. The summed E-state index contributed by atoms with van der Waals surface area (Å²) in [4.78, 5) is 11.2. The number of hydrogen-bond donors (Lipinski definition) is 1. The van der Waals surface area contributed by atoms with Crippen molar-refractivity contribution in [2.45, 2.75) is 25.9 Å². The molecule has 2 aromatic heterocycles. The van der Waals surface area contributed by atoms with Crippen molar-refractivity contribution in [2.24, 2.45) is 0 Å². The zero-order valence-electron chi connectivity index (χ0n) is 14.6. The SMILES string of the molecule is Cl.c1cnn(-c2ccc(CNCc3cnc(N4CCCC4)nc3)cc2)c1. The van der Waals surface area contributed by atoms with E-state index in [1.807, 2.05) is 29.3 Å². The van der Waals surface area contributed by atoms with Gasteiger partial charge in [-0.15, -0.1) is 12.4 Å². The van der Waals surface area contributed by atoms with Gasteiger partial charge >= 0.3 is 0 Å². The third-order valence-corrected chi connectivity index (χ3v) is 4.44. The second-order valence-electron chi connectivity index (χ2n) is 6.31. The number of aromatic nitrogens is 4. The molecule has 0 radical (unpaired) electrons. The van der Waals surface area contributed by atoms with Crippen molar-refractivity contribution in [1.82, 2.24) is 25.1 Å². The molecule has 1 aliphatic heterocycles. The van der Waals surface area contributed by atoms with Gasteiger partial charge in [0.1, 0.15) is 0 Å². The van der Waals surface area contributed by atoms with Crippen LogP contribution in [0.2, 0.25) is 0 Å². The summed E-state index contributed by atoms with van der Waals surface area (Å²) in [5.41, 5.74) is 3.42. The van der Waals surface area contributed by atoms with E-state index in [2.05, 4.69) is 49.5 Å². The first-order valence-electron chi connectivity index (χ1n) is 8.74. The van der Waals surface area contributed by atoms with Gasteiger partial charge in [0.2, 0.25) is 5.95 Å². The Bertz CT molecular complexity index is 780. The molecule has 3 aromatic rings. The Balaban J connectivity index is 0.00000196. The number of benzene rings is 1. The van der Waals surface area contributed by atoms with Crippen LogP contribution in [0.15, 0.2) is 55.1 Å². The number of rotatable bonds is 6. The first-order valence-corrected chi connectivity index (χ1v) is 8.74. The summed E-state index contributed by atoms with van der Waals surface area (Å²) in [6, 6.07) is 10.3. The van der Waals surface area contributed by atoms with E-state index in [4.69, 9.17) is 0 Å². The summed E-state index contributed by atoms with van der Waals surface area (Å²) >= 11 is 0. The van der Waals surface area contributed by atoms with Crippen LogP contribution in [-0.4, -0.2) is 32.8 Å². The smallest absolute Gasteiger partial charge is 0.225 e. The molecule has 4 rings (SSSR count). The fraction of sp³-hybridized carbons (Fsp3) is 0.316. The molecule has 1 fully saturated rings. The Morgan fingerprint density at radius 1 is 0.923 bits per heavy atom. The van der Waals surface area contributed by atoms with Crippen LogP contribution in [-0.2, 0) is 13.1 Å². The molecule has 0 aliphatic carbocycles. The Labute approximate surface area is 159 Å². The van der Waals surface area contributed by atoms with Gasteiger partial charge in [0.25, 0.3) is 0 Å². The maximum atomic E-state index is 4.49. The van der Waals surface area contributed by atoms with Crippen molar-refractivity contribution in [3.63, 3.8) is 0 Å². The molecule has 26 heavy (non-hydrogen) atoms. The highest BCUT2D eigenvalue weighted by atomic mass is 35.5. The van der Waals surface area contributed by atoms with Crippen molar-refractivity contribution < 1.29 is 0 Å². The first-order chi connectivity index (χ1) is 12.4. The van der Waals surface area contributed by atoms with Gasteiger partial charge in [-0.1, -0.05) is 12.1 Å². The molecule has 0 bridgehead atoms. The summed E-state index contributed by atoms with van der Waals surface area (Å²) in [5.74, 6) is 0.857. The summed E-state index contributed by atoms with van der Waals surface area (Å²) in [7, 11) is 0. The molecule has 6 nitrogen and oxygen atoms in total. The van der Waals surface area contributed by atoms with Gasteiger partial charge in [-0.2, -0.15) is 5.10 Å². The van der Waals surface area contributed by atoms with Gasteiger partial charge in [-0.25, -0.2) is 14.6 Å². The van der Waals surface area contributed by atoms with E-state index in [9.17, 15) is 0 Å². The lowest BCUT2D eigenvalue weighted by molar-refractivity contribution is 0.687. The van der Waals surface area contributed by atoms with E-state index in [-0.39, 0.29) is 12.4 Å². The second-order valence-corrected chi connectivity index (χ2v) is 6.31. The minimum atomic E-state index is 0. The minimum absolute atomic E-state index is 0. The van der Waals surface area contributed by atoms with Crippen LogP contribution in [0, 0.1) is 0 Å². The van der Waals surface area contributed by atoms with Crippen LogP contribution in [0.4, 0.5) is 5.95 Å². The Morgan fingerprint density at radius 2 is 1.62 bits per heavy atom. The van der Waals surface area contributed by atoms with Crippen LogP contribution in [0.1, 0.15) is 24.0 Å². The highest BCUT2D eigenvalue weighted by Crippen LogP contribution is 2.15. The van der Waals surface area contributed by atoms with E-state index in [0.717, 1.165) is 43.4 Å². The molecular weight excluding hydrogens is 348 g/mol. The van der Waals surface area contributed by atoms with Gasteiger partial charge in [-0.3, -0.25) is 0 Å². The lowest BCUT2D eigenvalue weighted by Gasteiger charge is -2.14. The van der Waals surface area contributed by atoms with Gasteiger partial charge < -0.3 is 10.2 Å². The van der Waals surface area contributed by atoms with E-state index in [0.29, 0.717) is 0 Å². The van der Waals surface area contributed by atoms with Crippen molar-refractivity contribution in [3.8, 4) is 5.69 Å². The maximum absolute atomic E-state index is 4.49. The molecular formula is C19H23ClN6. The van der Waals surface area contributed by atoms with Gasteiger partial charge in [0.15, 0.2) is 0 Å². The first kappa shape index (κ1) is 18.4. The summed E-state index contributed by atoms with van der Waals surface area (Å²) in [5, 5.41) is 7.68. The molecule has 0 spiro atoms. The topological polar surface area (TPSA) is 58.9 Å². The van der Waals surface area contributed by atoms with Crippen molar-refractivity contribution in [1.29, 1.82) is 0 Å². The number of nitrogens with one attached hydrogen (secondary N) is 1. The molecule has 1 saturated heterocycles. The summed E-state index contributed by atoms with van der Waals surface area (Å²) in [6.45, 7) is 3.73. The van der Waals surface area contributed by atoms with Gasteiger partial charge in [-0.05, 0) is 36.6 Å². The number of hydrogen-bond acceptors (Lipinski definition) is 5. The quantitative estimate of drug-likeness (QED) is 0.722. The molecule has 0 unspecified atom stereocenters. The Kier molecular flexibility index (Phi) is 6.20. The van der Waals surface area contributed by atoms with E-state index in [1.165, 1.54) is 18.4 Å². The van der Waals surface area contributed by atoms with E-state index >= 15 is 0 Å². The largest absolute Gasteiger partial charge is 0.341 e. The zero-order valence-corrected chi connectivity index (χ0v) is 15.4. The normalized spacial score (nSPS) is 13.6. The third kappa shape index (κ3) is 4.39. The van der Waals surface area contributed by atoms with Crippen LogP contribution >= 0.6 is 12.4 Å².